The van der Waals surface area contributed by atoms with Gasteiger partial charge >= 0.3 is 0 Å². The van der Waals surface area contributed by atoms with Gasteiger partial charge < -0.3 is 19.8 Å². The van der Waals surface area contributed by atoms with E-state index in [9.17, 15) is 14.3 Å². The first-order valence-corrected chi connectivity index (χ1v) is 13.1. The first kappa shape index (κ1) is 24.6. The summed E-state index contributed by atoms with van der Waals surface area (Å²) in [5.74, 6) is -1.05. The lowest BCUT2D eigenvalue weighted by atomic mass is 9.89. The molecule has 7 nitrogen and oxygen atoms in total. The van der Waals surface area contributed by atoms with Crippen LogP contribution in [0.4, 0.5) is 10.1 Å². The molecular formula is C28H36FN5O2. The number of aromatic hydroxyl groups is 1. The molecule has 0 bridgehead atoms. The van der Waals surface area contributed by atoms with E-state index in [1.807, 2.05) is 5.01 Å². The van der Waals surface area contributed by atoms with Gasteiger partial charge in [-0.1, -0.05) is 12.1 Å². The van der Waals surface area contributed by atoms with Crippen molar-refractivity contribution < 1.29 is 14.3 Å². The smallest absolute Gasteiger partial charge is 0.253 e. The molecule has 0 radical (unpaired) electrons. The van der Waals surface area contributed by atoms with Gasteiger partial charge in [0.05, 0.1) is 6.21 Å². The van der Waals surface area contributed by atoms with E-state index in [2.05, 4.69) is 46.2 Å². The summed E-state index contributed by atoms with van der Waals surface area (Å²) >= 11 is 0. The topological polar surface area (TPSA) is 62.6 Å². The van der Waals surface area contributed by atoms with Crippen LogP contribution in [0.25, 0.3) is 0 Å². The number of rotatable bonds is 5. The largest absolute Gasteiger partial charge is 0.504 e. The van der Waals surface area contributed by atoms with E-state index in [1.54, 1.807) is 11.0 Å². The predicted octanol–water partition coefficient (Wildman–Crippen LogP) is 3.73. The van der Waals surface area contributed by atoms with Gasteiger partial charge in [-0.05, 0) is 68.5 Å². The van der Waals surface area contributed by atoms with Gasteiger partial charge in [0.2, 0.25) is 0 Å². The van der Waals surface area contributed by atoms with E-state index in [1.165, 1.54) is 30.3 Å². The summed E-state index contributed by atoms with van der Waals surface area (Å²) in [7, 11) is 2.06. The van der Waals surface area contributed by atoms with Gasteiger partial charge in [0, 0.05) is 69.2 Å². The van der Waals surface area contributed by atoms with Crippen LogP contribution in [0.3, 0.4) is 0 Å². The Labute approximate surface area is 212 Å². The Hall–Kier alpha value is -3.13. The van der Waals surface area contributed by atoms with Gasteiger partial charge in [0.1, 0.15) is 0 Å². The van der Waals surface area contributed by atoms with Gasteiger partial charge in [-0.2, -0.15) is 5.10 Å². The minimum atomic E-state index is -0.798. The molecule has 3 fully saturated rings. The van der Waals surface area contributed by atoms with Crippen LogP contribution in [0.15, 0.2) is 41.5 Å². The molecule has 0 unspecified atom stereocenters. The highest BCUT2D eigenvalue weighted by atomic mass is 19.1. The molecule has 0 aliphatic carbocycles. The van der Waals surface area contributed by atoms with E-state index in [0.29, 0.717) is 19.0 Å². The zero-order chi connectivity index (χ0) is 25.1. The fraction of sp³-hybridized carbons (Fsp3) is 0.500. The zero-order valence-electron chi connectivity index (χ0n) is 21.1. The lowest BCUT2D eigenvalue weighted by molar-refractivity contribution is 0.0712. The van der Waals surface area contributed by atoms with Gasteiger partial charge in [-0.15, -0.1) is 0 Å². The van der Waals surface area contributed by atoms with Crippen LogP contribution in [0.5, 0.6) is 5.75 Å². The lowest BCUT2D eigenvalue weighted by Crippen LogP contribution is -2.41. The number of anilines is 1. The third-order valence-electron chi connectivity index (χ3n) is 7.80. The number of halogens is 1. The first-order chi connectivity index (χ1) is 17.5. The molecule has 0 atom stereocenters. The second-order valence-corrected chi connectivity index (χ2v) is 10.2. The van der Waals surface area contributed by atoms with Crippen molar-refractivity contribution in [1.29, 1.82) is 0 Å². The second kappa shape index (κ2) is 10.9. The maximum absolute atomic E-state index is 14.5. The number of benzene rings is 2. The predicted molar refractivity (Wildman–Crippen MR) is 140 cm³/mol. The standard InChI is InChI=1S/C28H36FN5O2/c1-31-14-16-34(17-15-31)30-20-24-18-23(19-26(29)27(24)35)28(36)33-12-8-22(9-13-33)21-4-6-25(7-5-21)32-10-2-3-11-32/h4-7,18-20,22,35H,2-3,8-17H2,1H3/b30-20+. The number of phenols is 1. The minimum absolute atomic E-state index is 0.203. The Balaban J connectivity index is 1.21. The molecule has 3 saturated heterocycles. The Morgan fingerprint density at radius 3 is 2.31 bits per heavy atom. The van der Waals surface area contributed by atoms with Gasteiger partial charge in [-0.25, -0.2) is 4.39 Å². The normalized spacial score (nSPS) is 20.0. The summed E-state index contributed by atoms with van der Waals surface area (Å²) in [5, 5.41) is 16.5. The number of hydrazone groups is 1. The SMILES string of the molecule is CN1CCN(/N=C/c2cc(C(=O)N3CCC(c4ccc(N5CCCC5)cc4)CC3)cc(F)c2O)CC1. The average molecular weight is 494 g/mol. The van der Waals surface area contributed by atoms with Gasteiger partial charge in [-0.3, -0.25) is 9.80 Å². The fourth-order valence-electron chi connectivity index (χ4n) is 5.43. The van der Waals surface area contributed by atoms with Crippen molar-refractivity contribution in [1.82, 2.24) is 14.8 Å². The van der Waals surface area contributed by atoms with Gasteiger partial charge in [0.15, 0.2) is 11.6 Å². The van der Waals surface area contributed by atoms with Crippen molar-refractivity contribution in [2.75, 3.05) is 64.3 Å². The number of nitrogens with zero attached hydrogens (tertiary/aromatic N) is 5. The average Bonchev–Trinajstić information content (AvgIpc) is 3.45. The van der Waals surface area contributed by atoms with Gasteiger partial charge in [0.25, 0.3) is 5.91 Å². The molecule has 1 amide bonds. The number of hydrogen-bond acceptors (Lipinski definition) is 6. The summed E-state index contributed by atoms with van der Waals surface area (Å²) in [6, 6.07) is 11.6. The maximum Gasteiger partial charge on any atom is 0.253 e. The third-order valence-corrected chi connectivity index (χ3v) is 7.80. The number of phenolic OH excluding ortho intramolecular Hbond substituents is 1. The number of piperidine rings is 1. The monoisotopic (exact) mass is 493 g/mol. The molecule has 8 heteroatoms. The zero-order valence-corrected chi connectivity index (χ0v) is 21.1. The molecule has 36 heavy (non-hydrogen) atoms. The quantitative estimate of drug-likeness (QED) is 0.643. The Morgan fingerprint density at radius 1 is 0.972 bits per heavy atom. The van der Waals surface area contributed by atoms with Crippen molar-refractivity contribution >= 4 is 17.8 Å². The van der Waals surface area contributed by atoms with Crippen molar-refractivity contribution in [3.05, 3.63) is 58.9 Å². The molecule has 2 aromatic carbocycles. The van der Waals surface area contributed by atoms with Crippen LogP contribution in [-0.4, -0.2) is 91.4 Å². The molecular weight excluding hydrogens is 457 g/mol. The summed E-state index contributed by atoms with van der Waals surface area (Å²) in [5.41, 5.74) is 3.09. The van der Waals surface area contributed by atoms with Crippen LogP contribution in [0.2, 0.25) is 0 Å². The Morgan fingerprint density at radius 2 is 1.64 bits per heavy atom. The highest BCUT2D eigenvalue weighted by molar-refractivity contribution is 5.97. The van der Waals surface area contributed by atoms with Crippen LogP contribution >= 0.6 is 0 Å². The number of amides is 1. The number of likely N-dealkylation sites (N-methyl/N-ethyl adjacent to an activating group) is 1. The molecule has 0 spiro atoms. The van der Waals surface area contributed by atoms with Crippen LogP contribution in [-0.2, 0) is 0 Å². The summed E-state index contributed by atoms with van der Waals surface area (Å²) in [6.07, 6.45) is 5.76. The number of piperazine rings is 1. The molecule has 1 N–H and O–H groups in total. The minimum Gasteiger partial charge on any atom is -0.504 e. The summed E-state index contributed by atoms with van der Waals surface area (Å²) < 4.78 is 14.5. The molecule has 5 rings (SSSR count). The number of likely N-dealkylation sites (tertiary alicyclic amines) is 1. The molecule has 3 heterocycles. The lowest BCUT2D eigenvalue weighted by Gasteiger charge is -2.32. The van der Waals surface area contributed by atoms with Crippen LogP contribution < -0.4 is 4.90 Å². The fourth-order valence-corrected chi connectivity index (χ4v) is 5.43. The van der Waals surface area contributed by atoms with Crippen molar-refractivity contribution in [3.63, 3.8) is 0 Å². The number of hydrogen-bond donors (Lipinski definition) is 1. The molecule has 3 aliphatic rings. The van der Waals surface area contributed by atoms with Crippen molar-refractivity contribution in [3.8, 4) is 5.75 Å². The van der Waals surface area contributed by atoms with Crippen molar-refractivity contribution in [2.24, 2.45) is 5.10 Å². The van der Waals surface area contributed by atoms with E-state index >= 15 is 0 Å². The maximum atomic E-state index is 14.5. The van der Waals surface area contributed by atoms with Crippen LogP contribution in [0, 0.1) is 5.82 Å². The van der Waals surface area contributed by atoms with Crippen LogP contribution in [0.1, 0.15) is 53.1 Å². The second-order valence-electron chi connectivity index (χ2n) is 10.2. The third kappa shape index (κ3) is 5.48. The van der Waals surface area contributed by atoms with E-state index in [0.717, 1.165) is 58.2 Å². The van der Waals surface area contributed by atoms with E-state index < -0.39 is 11.6 Å². The highest BCUT2D eigenvalue weighted by Crippen LogP contribution is 2.31. The summed E-state index contributed by atoms with van der Waals surface area (Å²) in [4.78, 5) is 19.7. The van der Waals surface area contributed by atoms with E-state index in [4.69, 9.17) is 0 Å². The molecule has 2 aromatic rings. The number of carbonyl (C=O) groups excluding carboxylic acids is 1. The van der Waals surface area contributed by atoms with E-state index in [-0.39, 0.29) is 17.0 Å². The molecule has 0 aromatic heterocycles. The summed E-state index contributed by atoms with van der Waals surface area (Å²) in [6.45, 7) is 6.87. The molecule has 192 valence electrons. The Kier molecular flexibility index (Phi) is 7.41. The Bertz CT molecular complexity index is 1080. The molecule has 3 aliphatic heterocycles. The first-order valence-electron chi connectivity index (χ1n) is 13.1. The highest BCUT2D eigenvalue weighted by Gasteiger charge is 2.26. The van der Waals surface area contributed by atoms with Crippen molar-refractivity contribution in [2.45, 2.75) is 31.6 Å². The number of carbonyl (C=O) groups is 1. The molecule has 0 saturated carbocycles.